The molecule has 4 nitrogen and oxygen atoms in total. The van der Waals surface area contributed by atoms with Crippen molar-refractivity contribution < 1.29 is 0 Å². The molecular formula is C15H14N4S. The summed E-state index contributed by atoms with van der Waals surface area (Å²) in [5.74, 6) is 0.905. The second-order valence-electron chi connectivity index (χ2n) is 4.98. The number of aryl methyl sites for hydroxylation is 2. The Morgan fingerprint density at radius 3 is 3.00 bits per heavy atom. The Kier molecular flexibility index (Phi) is 2.85. The standard InChI is InChI=1S/C15H14N4S/c1-2-6-12-11(5-1)13-14(17-9-18-15(13)20-12)19-10-4-3-7-16-8-10/h3-4,7-9H,1-2,5-6H2,(H,17,18,19). The van der Waals surface area contributed by atoms with Gasteiger partial charge < -0.3 is 5.32 Å². The van der Waals surface area contributed by atoms with Crippen LogP contribution in [0.3, 0.4) is 0 Å². The van der Waals surface area contributed by atoms with Crippen LogP contribution in [0, 0.1) is 0 Å². The van der Waals surface area contributed by atoms with Crippen LogP contribution in [0.15, 0.2) is 30.9 Å². The van der Waals surface area contributed by atoms with E-state index in [0.717, 1.165) is 22.8 Å². The van der Waals surface area contributed by atoms with E-state index < -0.39 is 0 Å². The molecule has 0 amide bonds. The van der Waals surface area contributed by atoms with Crippen LogP contribution in [-0.2, 0) is 12.8 Å². The molecule has 0 fully saturated rings. The Labute approximate surface area is 120 Å². The summed E-state index contributed by atoms with van der Waals surface area (Å²) in [4.78, 5) is 15.6. The zero-order valence-electron chi connectivity index (χ0n) is 11.0. The lowest BCUT2D eigenvalue weighted by atomic mass is 9.97. The molecule has 0 bridgehead atoms. The van der Waals surface area contributed by atoms with Gasteiger partial charge >= 0.3 is 0 Å². The van der Waals surface area contributed by atoms with Crippen molar-refractivity contribution in [2.45, 2.75) is 25.7 Å². The van der Waals surface area contributed by atoms with Gasteiger partial charge in [-0.25, -0.2) is 9.97 Å². The molecule has 100 valence electrons. The highest BCUT2D eigenvalue weighted by Crippen LogP contribution is 2.38. The van der Waals surface area contributed by atoms with Crippen molar-refractivity contribution in [2.75, 3.05) is 5.32 Å². The van der Waals surface area contributed by atoms with Gasteiger partial charge in [-0.1, -0.05) is 0 Å². The van der Waals surface area contributed by atoms with Crippen molar-refractivity contribution in [3.63, 3.8) is 0 Å². The fourth-order valence-electron chi connectivity index (χ4n) is 2.76. The lowest BCUT2D eigenvalue weighted by Gasteiger charge is -2.12. The maximum atomic E-state index is 4.44. The zero-order chi connectivity index (χ0) is 13.4. The van der Waals surface area contributed by atoms with Gasteiger partial charge in [-0.15, -0.1) is 11.3 Å². The number of fused-ring (bicyclic) bond motifs is 3. The Balaban J connectivity index is 1.85. The van der Waals surface area contributed by atoms with Crippen molar-refractivity contribution in [1.29, 1.82) is 0 Å². The highest BCUT2D eigenvalue weighted by Gasteiger charge is 2.19. The van der Waals surface area contributed by atoms with Crippen molar-refractivity contribution >= 4 is 33.1 Å². The molecule has 0 saturated carbocycles. The molecule has 1 N–H and O–H groups in total. The minimum atomic E-state index is 0.905. The van der Waals surface area contributed by atoms with Crippen LogP contribution >= 0.6 is 11.3 Å². The highest BCUT2D eigenvalue weighted by molar-refractivity contribution is 7.19. The van der Waals surface area contributed by atoms with E-state index in [-0.39, 0.29) is 0 Å². The lowest BCUT2D eigenvalue weighted by molar-refractivity contribution is 0.700. The molecule has 0 aromatic carbocycles. The van der Waals surface area contributed by atoms with Gasteiger partial charge in [0.15, 0.2) is 0 Å². The monoisotopic (exact) mass is 282 g/mol. The first-order chi connectivity index (χ1) is 9.92. The number of aromatic nitrogens is 3. The topological polar surface area (TPSA) is 50.7 Å². The summed E-state index contributed by atoms with van der Waals surface area (Å²) in [7, 11) is 0. The van der Waals surface area contributed by atoms with E-state index in [1.54, 1.807) is 12.5 Å². The summed E-state index contributed by atoms with van der Waals surface area (Å²) in [6, 6.07) is 3.92. The molecular weight excluding hydrogens is 268 g/mol. The van der Waals surface area contributed by atoms with Crippen LogP contribution in [0.1, 0.15) is 23.3 Å². The van der Waals surface area contributed by atoms with Crippen molar-refractivity contribution in [2.24, 2.45) is 0 Å². The Bertz CT molecular complexity index is 751. The molecule has 0 spiro atoms. The molecule has 3 heterocycles. The van der Waals surface area contributed by atoms with Gasteiger partial charge in [0.1, 0.15) is 17.0 Å². The molecule has 3 aromatic rings. The number of hydrogen-bond acceptors (Lipinski definition) is 5. The molecule has 0 aliphatic heterocycles. The summed E-state index contributed by atoms with van der Waals surface area (Å²) in [6.07, 6.45) is 10.1. The van der Waals surface area contributed by atoms with E-state index in [1.165, 1.54) is 35.1 Å². The van der Waals surface area contributed by atoms with E-state index in [2.05, 4.69) is 20.3 Å². The average molecular weight is 282 g/mol. The number of nitrogens with one attached hydrogen (secondary N) is 1. The molecule has 3 aromatic heterocycles. The maximum absolute atomic E-state index is 4.44. The third-order valence-electron chi connectivity index (χ3n) is 3.68. The number of nitrogens with zero attached hydrogens (tertiary/aromatic N) is 3. The normalized spacial score (nSPS) is 14.2. The zero-order valence-corrected chi connectivity index (χ0v) is 11.8. The fraction of sp³-hybridized carbons (Fsp3) is 0.267. The summed E-state index contributed by atoms with van der Waals surface area (Å²) < 4.78 is 0. The van der Waals surface area contributed by atoms with E-state index in [0.29, 0.717) is 0 Å². The highest BCUT2D eigenvalue weighted by atomic mass is 32.1. The van der Waals surface area contributed by atoms with Crippen LogP contribution in [0.2, 0.25) is 0 Å². The molecule has 5 heteroatoms. The largest absolute Gasteiger partial charge is 0.338 e. The van der Waals surface area contributed by atoms with E-state index in [9.17, 15) is 0 Å². The van der Waals surface area contributed by atoms with Crippen LogP contribution in [-0.4, -0.2) is 15.0 Å². The van der Waals surface area contributed by atoms with Crippen LogP contribution in [0.4, 0.5) is 11.5 Å². The molecule has 20 heavy (non-hydrogen) atoms. The van der Waals surface area contributed by atoms with E-state index in [4.69, 9.17) is 0 Å². The Hall–Kier alpha value is -2.01. The molecule has 1 aliphatic rings. The quantitative estimate of drug-likeness (QED) is 0.778. The van der Waals surface area contributed by atoms with Gasteiger partial charge in [-0.2, -0.15) is 0 Å². The first kappa shape index (κ1) is 11.8. The van der Waals surface area contributed by atoms with E-state index in [1.807, 2.05) is 29.7 Å². The first-order valence-corrected chi connectivity index (χ1v) is 7.66. The second-order valence-corrected chi connectivity index (χ2v) is 6.06. The van der Waals surface area contributed by atoms with E-state index >= 15 is 0 Å². The Morgan fingerprint density at radius 2 is 2.10 bits per heavy atom. The fourth-order valence-corrected chi connectivity index (χ4v) is 3.99. The molecule has 4 rings (SSSR count). The number of hydrogen-bond donors (Lipinski definition) is 1. The maximum Gasteiger partial charge on any atom is 0.142 e. The van der Waals surface area contributed by atoms with Crippen molar-refractivity contribution in [3.05, 3.63) is 41.3 Å². The van der Waals surface area contributed by atoms with Gasteiger partial charge in [0.25, 0.3) is 0 Å². The van der Waals surface area contributed by atoms with Gasteiger partial charge in [0.2, 0.25) is 0 Å². The smallest absolute Gasteiger partial charge is 0.142 e. The number of anilines is 2. The van der Waals surface area contributed by atoms with Crippen molar-refractivity contribution in [1.82, 2.24) is 15.0 Å². The summed E-state index contributed by atoms with van der Waals surface area (Å²) in [5, 5.41) is 4.58. The minimum absolute atomic E-state index is 0.905. The number of pyridine rings is 1. The van der Waals surface area contributed by atoms with Crippen LogP contribution < -0.4 is 5.32 Å². The number of rotatable bonds is 2. The van der Waals surface area contributed by atoms with Gasteiger partial charge in [-0.05, 0) is 43.4 Å². The van der Waals surface area contributed by atoms with Crippen LogP contribution in [0.25, 0.3) is 10.2 Å². The second kappa shape index (κ2) is 4.83. The average Bonchev–Trinajstić information content (AvgIpc) is 2.88. The van der Waals surface area contributed by atoms with Gasteiger partial charge in [-0.3, -0.25) is 4.98 Å². The first-order valence-electron chi connectivity index (χ1n) is 6.84. The number of thiophene rings is 1. The SMILES string of the molecule is c1cncc(Nc2ncnc3sc4c(c23)CCCC4)c1. The van der Waals surface area contributed by atoms with Crippen LogP contribution in [0.5, 0.6) is 0 Å². The summed E-state index contributed by atoms with van der Waals surface area (Å²) in [6.45, 7) is 0. The predicted octanol–water partition coefficient (Wildman–Crippen LogP) is 3.71. The molecule has 0 unspecified atom stereocenters. The Morgan fingerprint density at radius 1 is 1.15 bits per heavy atom. The molecule has 0 radical (unpaired) electrons. The molecule has 0 saturated heterocycles. The minimum Gasteiger partial charge on any atom is -0.338 e. The molecule has 0 atom stereocenters. The summed E-state index contributed by atoms with van der Waals surface area (Å²) >= 11 is 1.82. The molecule has 1 aliphatic carbocycles. The summed E-state index contributed by atoms with van der Waals surface area (Å²) in [5.41, 5.74) is 2.41. The van der Waals surface area contributed by atoms with Gasteiger partial charge in [0, 0.05) is 11.1 Å². The predicted molar refractivity (Wildman–Crippen MR) is 81.6 cm³/mol. The lowest BCUT2D eigenvalue weighted by Crippen LogP contribution is -2.01. The van der Waals surface area contributed by atoms with Gasteiger partial charge in [0.05, 0.1) is 17.3 Å². The van der Waals surface area contributed by atoms with Crippen molar-refractivity contribution in [3.8, 4) is 0 Å². The third-order valence-corrected chi connectivity index (χ3v) is 4.88. The third kappa shape index (κ3) is 1.94.